The molecule has 1 aromatic rings. The predicted molar refractivity (Wildman–Crippen MR) is 105 cm³/mol. The van der Waals surface area contributed by atoms with Crippen molar-refractivity contribution in [2.45, 2.75) is 45.4 Å². The first-order chi connectivity index (χ1) is 13.6. The molecule has 5 N–H and O–H groups in total. The number of nitrogens with one attached hydrogen (secondary N) is 3. The van der Waals surface area contributed by atoms with E-state index in [-0.39, 0.29) is 18.4 Å². The number of carbonyl (C=O) groups excluding carboxylic acids is 3. The third-order valence-electron chi connectivity index (χ3n) is 4.84. The Kier molecular flexibility index (Phi) is 7.16. The van der Waals surface area contributed by atoms with Gasteiger partial charge in [-0.1, -0.05) is 32.4 Å². The van der Waals surface area contributed by atoms with Crippen LogP contribution in [0.1, 0.15) is 27.2 Å². The standard InChI is InChI=1S/C19H26N4O6/c1-4-10(2)15(17(26)21-16(11(3)24)18(27)28)22-19(29)23-9-14(25)20-12-7-5-6-8-13(12)23/h5-8,10-11,15-16,24H,4,9H2,1-3H3,(H,20,25)(H,21,26)(H,22,29)(H,27,28). The molecule has 0 saturated carbocycles. The lowest BCUT2D eigenvalue weighted by Gasteiger charge is -2.32. The Labute approximate surface area is 168 Å². The second-order valence-corrected chi connectivity index (χ2v) is 7.03. The number of nitrogens with zero attached hydrogens (tertiary/aromatic N) is 1. The lowest BCUT2D eigenvalue weighted by molar-refractivity contribution is -0.145. The molecule has 158 valence electrons. The van der Waals surface area contributed by atoms with Gasteiger partial charge >= 0.3 is 12.0 Å². The fraction of sp³-hybridized carbons (Fsp3) is 0.474. The molecule has 29 heavy (non-hydrogen) atoms. The first-order valence-electron chi connectivity index (χ1n) is 9.33. The summed E-state index contributed by atoms with van der Waals surface area (Å²) in [7, 11) is 0. The fourth-order valence-electron chi connectivity index (χ4n) is 2.96. The van der Waals surface area contributed by atoms with Crippen LogP contribution in [0.5, 0.6) is 0 Å². The van der Waals surface area contributed by atoms with E-state index in [1.54, 1.807) is 31.2 Å². The highest BCUT2D eigenvalue weighted by atomic mass is 16.4. The summed E-state index contributed by atoms with van der Waals surface area (Å²) in [5.74, 6) is -2.81. The molecule has 4 amide bonds. The number of aliphatic hydroxyl groups excluding tert-OH is 1. The second-order valence-electron chi connectivity index (χ2n) is 7.03. The van der Waals surface area contributed by atoms with E-state index >= 15 is 0 Å². The van der Waals surface area contributed by atoms with E-state index in [9.17, 15) is 29.4 Å². The summed E-state index contributed by atoms with van der Waals surface area (Å²) in [5, 5.41) is 26.3. The van der Waals surface area contributed by atoms with Gasteiger partial charge < -0.3 is 26.2 Å². The Bertz CT molecular complexity index is 797. The Hall–Kier alpha value is -3.14. The molecule has 0 radical (unpaired) electrons. The molecule has 4 atom stereocenters. The first-order valence-corrected chi connectivity index (χ1v) is 9.33. The van der Waals surface area contributed by atoms with Gasteiger partial charge in [0.05, 0.1) is 17.5 Å². The van der Waals surface area contributed by atoms with Crippen LogP contribution in [0.2, 0.25) is 0 Å². The molecular weight excluding hydrogens is 380 g/mol. The molecule has 0 spiro atoms. The van der Waals surface area contributed by atoms with Crippen molar-refractivity contribution in [3.05, 3.63) is 24.3 Å². The van der Waals surface area contributed by atoms with Crippen molar-refractivity contribution in [3.8, 4) is 0 Å². The average molecular weight is 406 g/mol. The number of fused-ring (bicyclic) bond motifs is 1. The number of aliphatic hydroxyl groups is 1. The quantitative estimate of drug-likeness (QED) is 0.446. The Morgan fingerprint density at radius 1 is 1.17 bits per heavy atom. The van der Waals surface area contributed by atoms with Crippen molar-refractivity contribution >= 4 is 35.2 Å². The number of benzene rings is 1. The predicted octanol–water partition coefficient (Wildman–Crippen LogP) is 0.520. The number of urea groups is 1. The van der Waals surface area contributed by atoms with E-state index in [1.807, 2.05) is 6.92 Å². The largest absolute Gasteiger partial charge is 0.480 e. The monoisotopic (exact) mass is 406 g/mol. The molecule has 0 aromatic heterocycles. The number of carboxylic acid groups (broad SMARTS) is 1. The highest BCUT2D eigenvalue weighted by molar-refractivity contribution is 6.10. The van der Waals surface area contributed by atoms with Crippen molar-refractivity contribution in [2.75, 3.05) is 16.8 Å². The molecule has 1 aliphatic rings. The number of para-hydroxylation sites is 2. The third-order valence-corrected chi connectivity index (χ3v) is 4.84. The van der Waals surface area contributed by atoms with Crippen LogP contribution in [0, 0.1) is 5.92 Å². The summed E-state index contributed by atoms with van der Waals surface area (Å²) in [6.07, 6.45) is -0.788. The van der Waals surface area contributed by atoms with Gasteiger partial charge in [0.1, 0.15) is 12.6 Å². The van der Waals surface area contributed by atoms with E-state index < -0.39 is 36.1 Å². The summed E-state index contributed by atoms with van der Waals surface area (Å²) < 4.78 is 0. The fourth-order valence-corrected chi connectivity index (χ4v) is 2.96. The molecule has 0 aliphatic carbocycles. The average Bonchev–Trinajstić information content (AvgIpc) is 2.67. The lowest BCUT2D eigenvalue weighted by atomic mass is 9.97. The van der Waals surface area contributed by atoms with E-state index in [1.165, 1.54) is 11.8 Å². The van der Waals surface area contributed by atoms with Gasteiger partial charge in [0.25, 0.3) is 0 Å². The van der Waals surface area contributed by atoms with Crippen molar-refractivity contribution in [1.82, 2.24) is 10.6 Å². The van der Waals surface area contributed by atoms with Crippen LogP contribution < -0.4 is 20.9 Å². The number of aliphatic carboxylic acids is 1. The number of hydrogen-bond acceptors (Lipinski definition) is 5. The number of rotatable bonds is 7. The van der Waals surface area contributed by atoms with E-state index in [0.29, 0.717) is 17.8 Å². The Morgan fingerprint density at radius 3 is 2.41 bits per heavy atom. The SMILES string of the molecule is CCC(C)C(NC(=O)N1CC(=O)Nc2ccccc21)C(=O)NC(C(=O)O)C(C)O. The maximum atomic E-state index is 12.9. The van der Waals surface area contributed by atoms with Gasteiger partial charge in [0.2, 0.25) is 11.8 Å². The zero-order valence-corrected chi connectivity index (χ0v) is 16.5. The summed E-state index contributed by atoms with van der Waals surface area (Å²) in [6, 6.07) is 3.55. The van der Waals surface area contributed by atoms with Gasteiger partial charge in [-0.05, 0) is 25.0 Å². The number of amides is 4. The van der Waals surface area contributed by atoms with E-state index in [4.69, 9.17) is 0 Å². The molecule has 1 aromatic carbocycles. The van der Waals surface area contributed by atoms with Gasteiger partial charge in [0, 0.05) is 0 Å². The zero-order chi connectivity index (χ0) is 21.7. The van der Waals surface area contributed by atoms with Gasteiger partial charge in [0.15, 0.2) is 6.04 Å². The summed E-state index contributed by atoms with van der Waals surface area (Å²) in [5.41, 5.74) is 0.962. The van der Waals surface area contributed by atoms with Crippen LogP contribution in [-0.2, 0) is 14.4 Å². The molecule has 10 nitrogen and oxygen atoms in total. The maximum Gasteiger partial charge on any atom is 0.328 e. The van der Waals surface area contributed by atoms with Crippen molar-refractivity contribution in [3.63, 3.8) is 0 Å². The summed E-state index contributed by atoms with van der Waals surface area (Å²) >= 11 is 0. The number of carbonyl (C=O) groups is 4. The van der Waals surface area contributed by atoms with E-state index in [2.05, 4.69) is 16.0 Å². The normalized spacial score (nSPS) is 17.2. The van der Waals surface area contributed by atoms with Gasteiger partial charge in [-0.2, -0.15) is 0 Å². The van der Waals surface area contributed by atoms with Gasteiger partial charge in [-0.3, -0.25) is 14.5 Å². The molecule has 2 rings (SSSR count). The molecule has 0 saturated heterocycles. The topological polar surface area (TPSA) is 148 Å². The molecular formula is C19H26N4O6. The number of anilines is 2. The highest BCUT2D eigenvalue weighted by Crippen LogP contribution is 2.29. The van der Waals surface area contributed by atoms with Crippen LogP contribution in [0.15, 0.2) is 24.3 Å². The molecule has 10 heteroatoms. The summed E-state index contributed by atoms with van der Waals surface area (Å²) in [6.45, 7) is 4.59. The first kappa shape index (κ1) is 22.2. The third kappa shape index (κ3) is 5.23. The number of carboxylic acids is 1. The van der Waals surface area contributed by atoms with Crippen LogP contribution in [0.4, 0.5) is 16.2 Å². The Balaban J connectivity index is 2.22. The molecule has 0 fully saturated rings. The van der Waals surface area contributed by atoms with Crippen molar-refractivity contribution in [2.24, 2.45) is 5.92 Å². The maximum absolute atomic E-state index is 12.9. The smallest absolute Gasteiger partial charge is 0.328 e. The minimum atomic E-state index is -1.51. The van der Waals surface area contributed by atoms with Crippen LogP contribution in [0.3, 0.4) is 0 Å². The van der Waals surface area contributed by atoms with Crippen LogP contribution in [0.25, 0.3) is 0 Å². The van der Waals surface area contributed by atoms with Crippen molar-refractivity contribution < 1.29 is 29.4 Å². The van der Waals surface area contributed by atoms with Gasteiger partial charge in [-0.15, -0.1) is 0 Å². The Morgan fingerprint density at radius 2 is 1.83 bits per heavy atom. The molecule has 0 bridgehead atoms. The van der Waals surface area contributed by atoms with Crippen molar-refractivity contribution in [1.29, 1.82) is 0 Å². The zero-order valence-electron chi connectivity index (χ0n) is 16.5. The highest BCUT2D eigenvalue weighted by Gasteiger charge is 2.34. The second kappa shape index (κ2) is 9.37. The lowest BCUT2D eigenvalue weighted by Crippen LogP contribution is -2.59. The summed E-state index contributed by atoms with van der Waals surface area (Å²) in [4.78, 5) is 50.0. The number of hydrogen-bond donors (Lipinski definition) is 5. The molecule has 4 unspecified atom stereocenters. The minimum Gasteiger partial charge on any atom is -0.480 e. The minimum absolute atomic E-state index is 0.219. The molecule has 1 heterocycles. The van der Waals surface area contributed by atoms with Gasteiger partial charge in [-0.25, -0.2) is 9.59 Å². The molecule has 1 aliphatic heterocycles. The van der Waals surface area contributed by atoms with E-state index in [0.717, 1.165) is 0 Å². The van der Waals surface area contributed by atoms with Crippen LogP contribution >= 0.6 is 0 Å². The van der Waals surface area contributed by atoms with Crippen LogP contribution in [-0.4, -0.2) is 58.8 Å².